The monoisotopic (exact) mass is 223 g/mol. The zero-order valence-electron chi connectivity index (χ0n) is 9.66. The van der Waals surface area contributed by atoms with Crippen molar-refractivity contribution in [2.45, 2.75) is 25.5 Å². The lowest BCUT2D eigenvalue weighted by Crippen LogP contribution is -2.36. The molecule has 0 N–H and O–H groups in total. The van der Waals surface area contributed by atoms with Crippen LogP contribution in [0.25, 0.3) is 0 Å². The van der Waals surface area contributed by atoms with E-state index in [9.17, 15) is 4.39 Å². The molecule has 1 aromatic carbocycles. The summed E-state index contributed by atoms with van der Waals surface area (Å²) in [7, 11) is 1.78. The molecular weight excluding hydrogens is 205 g/mol. The van der Waals surface area contributed by atoms with Crippen LogP contribution in [-0.2, 0) is 11.3 Å². The summed E-state index contributed by atoms with van der Waals surface area (Å²) in [6, 6.07) is 6.77. The third-order valence-corrected chi connectivity index (χ3v) is 3.19. The lowest BCUT2D eigenvalue weighted by atomic mass is 10.1. The topological polar surface area (TPSA) is 12.5 Å². The van der Waals surface area contributed by atoms with Gasteiger partial charge in [-0.2, -0.15) is 0 Å². The molecule has 3 heteroatoms. The van der Waals surface area contributed by atoms with Crippen molar-refractivity contribution in [2.24, 2.45) is 0 Å². The molecule has 0 atom stereocenters. The van der Waals surface area contributed by atoms with Gasteiger partial charge >= 0.3 is 0 Å². The maximum absolute atomic E-state index is 12.7. The Bertz CT molecular complexity index is 317. The number of piperidine rings is 1. The van der Waals surface area contributed by atoms with Gasteiger partial charge in [-0.25, -0.2) is 4.39 Å². The SMILES string of the molecule is COC1CCN(Cc2ccc(F)cc2)CC1. The minimum absolute atomic E-state index is 0.165. The van der Waals surface area contributed by atoms with Crippen molar-refractivity contribution < 1.29 is 9.13 Å². The zero-order valence-corrected chi connectivity index (χ0v) is 9.66. The van der Waals surface area contributed by atoms with Crippen LogP contribution in [0.3, 0.4) is 0 Å². The Morgan fingerprint density at radius 2 is 1.88 bits per heavy atom. The van der Waals surface area contributed by atoms with Crippen molar-refractivity contribution in [1.82, 2.24) is 4.90 Å². The van der Waals surface area contributed by atoms with Gasteiger partial charge in [-0.3, -0.25) is 4.90 Å². The van der Waals surface area contributed by atoms with E-state index in [0.29, 0.717) is 6.10 Å². The number of likely N-dealkylation sites (tertiary alicyclic amines) is 1. The van der Waals surface area contributed by atoms with Crippen LogP contribution < -0.4 is 0 Å². The lowest BCUT2D eigenvalue weighted by molar-refractivity contribution is 0.0388. The van der Waals surface area contributed by atoms with Gasteiger partial charge in [-0.15, -0.1) is 0 Å². The normalized spacial score (nSPS) is 18.9. The number of nitrogens with zero attached hydrogens (tertiary/aromatic N) is 1. The molecule has 0 aromatic heterocycles. The fourth-order valence-corrected chi connectivity index (χ4v) is 2.15. The van der Waals surface area contributed by atoms with Gasteiger partial charge in [0, 0.05) is 26.7 Å². The van der Waals surface area contributed by atoms with Crippen LogP contribution in [0.2, 0.25) is 0 Å². The minimum atomic E-state index is -0.165. The van der Waals surface area contributed by atoms with Crippen molar-refractivity contribution in [3.63, 3.8) is 0 Å². The summed E-state index contributed by atoms with van der Waals surface area (Å²) in [6.45, 7) is 3.04. The predicted molar refractivity (Wildman–Crippen MR) is 61.7 cm³/mol. The molecule has 0 amide bonds. The van der Waals surface area contributed by atoms with Gasteiger partial charge in [0.1, 0.15) is 5.82 Å². The summed E-state index contributed by atoms with van der Waals surface area (Å²) >= 11 is 0. The van der Waals surface area contributed by atoms with Gasteiger partial charge in [0.25, 0.3) is 0 Å². The van der Waals surface area contributed by atoms with Crippen LogP contribution in [0, 0.1) is 5.82 Å². The summed E-state index contributed by atoms with van der Waals surface area (Å²) in [5.74, 6) is -0.165. The van der Waals surface area contributed by atoms with E-state index in [1.165, 1.54) is 17.7 Å². The Kier molecular flexibility index (Phi) is 3.91. The van der Waals surface area contributed by atoms with Crippen molar-refractivity contribution in [2.75, 3.05) is 20.2 Å². The highest BCUT2D eigenvalue weighted by atomic mass is 19.1. The van der Waals surface area contributed by atoms with E-state index in [1.807, 2.05) is 12.1 Å². The van der Waals surface area contributed by atoms with Crippen molar-refractivity contribution >= 4 is 0 Å². The van der Waals surface area contributed by atoms with E-state index >= 15 is 0 Å². The Hall–Kier alpha value is -0.930. The Morgan fingerprint density at radius 3 is 2.44 bits per heavy atom. The molecule has 0 saturated carbocycles. The van der Waals surface area contributed by atoms with Crippen LogP contribution in [-0.4, -0.2) is 31.2 Å². The van der Waals surface area contributed by atoms with Gasteiger partial charge in [0.2, 0.25) is 0 Å². The van der Waals surface area contributed by atoms with Crippen LogP contribution in [0.15, 0.2) is 24.3 Å². The number of hydrogen-bond donors (Lipinski definition) is 0. The molecule has 0 spiro atoms. The second-order valence-corrected chi connectivity index (χ2v) is 4.34. The smallest absolute Gasteiger partial charge is 0.123 e. The second-order valence-electron chi connectivity index (χ2n) is 4.34. The van der Waals surface area contributed by atoms with E-state index in [2.05, 4.69) is 4.90 Å². The van der Waals surface area contributed by atoms with Crippen LogP contribution >= 0.6 is 0 Å². The largest absolute Gasteiger partial charge is 0.381 e. The molecule has 2 rings (SSSR count). The fourth-order valence-electron chi connectivity index (χ4n) is 2.15. The highest BCUT2D eigenvalue weighted by Gasteiger charge is 2.18. The first-order chi connectivity index (χ1) is 7.78. The molecule has 0 bridgehead atoms. The Labute approximate surface area is 96.0 Å². The average Bonchev–Trinajstić information content (AvgIpc) is 2.33. The molecule has 1 heterocycles. The van der Waals surface area contributed by atoms with Gasteiger partial charge < -0.3 is 4.74 Å². The van der Waals surface area contributed by atoms with E-state index in [1.54, 1.807) is 7.11 Å². The quantitative estimate of drug-likeness (QED) is 0.780. The maximum atomic E-state index is 12.7. The summed E-state index contributed by atoms with van der Waals surface area (Å²) in [6.07, 6.45) is 2.61. The van der Waals surface area contributed by atoms with Gasteiger partial charge in [0.15, 0.2) is 0 Å². The molecule has 1 aliphatic rings. The number of hydrogen-bond acceptors (Lipinski definition) is 2. The number of benzene rings is 1. The predicted octanol–water partition coefficient (Wildman–Crippen LogP) is 2.44. The van der Waals surface area contributed by atoms with Crippen LogP contribution in [0.4, 0.5) is 4.39 Å². The number of ether oxygens (including phenoxy) is 1. The number of rotatable bonds is 3. The molecule has 88 valence electrons. The molecule has 1 saturated heterocycles. The molecule has 1 aliphatic heterocycles. The Balaban J connectivity index is 1.84. The maximum Gasteiger partial charge on any atom is 0.123 e. The first kappa shape index (κ1) is 11.6. The van der Waals surface area contributed by atoms with Gasteiger partial charge in [-0.05, 0) is 30.5 Å². The molecular formula is C13H18FNO. The third kappa shape index (κ3) is 3.03. The summed E-state index contributed by atoms with van der Waals surface area (Å²) in [5.41, 5.74) is 1.18. The van der Waals surface area contributed by atoms with Crippen LogP contribution in [0.1, 0.15) is 18.4 Å². The van der Waals surface area contributed by atoms with Gasteiger partial charge in [-0.1, -0.05) is 12.1 Å². The van der Waals surface area contributed by atoms with Crippen molar-refractivity contribution in [3.05, 3.63) is 35.6 Å². The third-order valence-electron chi connectivity index (χ3n) is 3.19. The van der Waals surface area contributed by atoms with E-state index in [0.717, 1.165) is 32.5 Å². The van der Waals surface area contributed by atoms with E-state index < -0.39 is 0 Å². The molecule has 0 aliphatic carbocycles. The summed E-state index contributed by atoms with van der Waals surface area (Å²) in [5, 5.41) is 0. The molecule has 16 heavy (non-hydrogen) atoms. The first-order valence-electron chi connectivity index (χ1n) is 5.77. The number of halogens is 1. The lowest BCUT2D eigenvalue weighted by Gasteiger charge is -2.31. The average molecular weight is 223 g/mol. The molecule has 1 aromatic rings. The van der Waals surface area contributed by atoms with E-state index in [4.69, 9.17) is 4.74 Å². The summed E-state index contributed by atoms with van der Waals surface area (Å²) < 4.78 is 18.1. The minimum Gasteiger partial charge on any atom is -0.381 e. The van der Waals surface area contributed by atoms with Gasteiger partial charge in [0.05, 0.1) is 6.10 Å². The first-order valence-corrected chi connectivity index (χ1v) is 5.77. The molecule has 1 fully saturated rings. The molecule has 2 nitrogen and oxygen atoms in total. The molecule has 0 unspecified atom stereocenters. The number of methoxy groups -OCH3 is 1. The summed E-state index contributed by atoms with van der Waals surface area (Å²) in [4.78, 5) is 2.39. The highest BCUT2D eigenvalue weighted by Crippen LogP contribution is 2.15. The zero-order chi connectivity index (χ0) is 11.4. The second kappa shape index (κ2) is 5.41. The molecule has 0 radical (unpaired) electrons. The standard InChI is InChI=1S/C13H18FNO/c1-16-13-6-8-15(9-7-13)10-11-2-4-12(14)5-3-11/h2-5,13H,6-10H2,1H3. The highest BCUT2D eigenvalue weighted by molar-refractivity contribution is 5.15. The van der Waals surface area contributed by atoms with Crippen molar-refractivity contribution in [1.29, 1.82) is 0 Å². The Morgan fingerprint density at radius 1 is 1.25 bits per heavy atom. The van der Waals surface area contributed by atoms with Crippen molar-refractivity contribution in [3.8, 4) is 0 Å². The van der Waals surface area contributed by atoms with Crippen LogP contribution in [0.5, 0.6) is 0 Å². The fraction of sp³-hybridized carbons (Fsp3) is 0.538. The van der Waals surface area contributed by atoms with E-state index in [-0.39, 0.29) is 5.82 Å².